The minimum absolute atomic E-state index is 0.102. The van der Waals surface area contributed by atoms with Gasteiger partial charge in [-0.25, -0.2) is 4.79 Å². The second kappa shape index (κ2) is 4.86. The fourth-order valence-corrected chi connectivity index (χ4v) is 2.55. The first-order valence-electron chi connectivity index (χ1n) is 6.44. The molecule has 2 saturated heterocycles. The van der Waals surface area contributed by atoms with Crippen molar-refractivity contribution in [1.82, 2.24) is 4.90 Å². The van der Waals surface area contributed by atoms with E-state index < -0.39 is 23.2 Å². The topological polar surface area (TPSA) is 105 Å². The molecule has 1 unspecified atom stereocenters. The van der Waals surface area contributed by atoms with Crippen molar-refractivity contribution in [3.8, 4) is 0 Å². The quantitative estimate of drug-likeness (QED) is 0.333. The highest BCUT2D eigenvalue weighted by Crippen LogP contribution is 2.44. The van der Waals surface area contributed by atoms with Gasteiger partial charge in [0.05, 0.1) is 18.4 Å². The van der Waals surface area contributed by atoms with E-state index in [-0.39, 0.29) is 18.9 Å². The Morgan fingerprint density at radius 2 is 2.25 bits per heavy atom. The molecular weight excluding hydrogens is 264 g/mol. The summed E-state index contributed by atoms with van der Waals surface area (Å²) in [6, 6.07) is 0. The van der Waals surface area contributed by atoms with E-state index in [1.54, 1.807) is 20.8 Å². The molecule has 0 aromatic heterocycles. The molecule has 0 N–H and O–H groups in total. The van der Waals surface area contributed by atoms with Crippen LogP contribution >= 0.6 is 0 Å². The van der Waals surface area contributed by atoms with E-state index in [1.165, 1.54) is 4.90 Å². The van der Waals surface area contributed by atoms with Crippen molar-refractivity contribution in [3.05, 3.63) is 10.4 Å². The van der Waals surface area contributed by atoms with Gasteiger partial charge in [0.25, 0.3) is 0 Å². The molecule has 110 valence electrons. The van der Waals surface area contributed by atoms with Gasteiger partial charge < -0.3 is 14.4 Å². The first-order valence-corrected chi connectivity index (χ1v) is 6.44. The molecular formula is C12H18N4O4. The van der Waals surface area contributed by atoms with Crippen molar-refractivity contribution in [2.75, 3.05) is 19.6 Å². The SMILES string of the molecule is CC(C)(C)OC(=O)N1CC2(CC(=O)OC2CN=[N+]=[N-])C1. The summed E-state index contributed by atoms with van der Waals surface area (Å²) in [4.78, 5) is 27.5. The zero-order chi connectivity index (χ0) is 15.0. The largest absolute Gasteiger partial charge is 0.461 e. The second-order valence-corrected chi connectivity index (χ2v) is 6.27. The van der Waals surface area contributed by atoms with Crippen LogP contribution in [0.3, 0.4) is 0 Å². The number of likely N-dealkylation sites (tertiary alicyclic amines) is 1. The Bertz CT molecular complexity index is 472. The van der Waals surface area contributed by atoms with Crippen LogP contribution in [0.25, 0.3) is 10.4 Å². The summed E-state index contributed by atoms with van der Waals surface area (Å²) in [6.07, 6.45) is -0.604. The first-order chi connectivity index (χ1) is 9.26. The van der Waals surface area contributed by atoms with Crippen molar-refractivity contribution in [1.29, 1.82) is 0 Å². The summed E-state index contributed by atoms with van der Waals surface area (Å²) in [7, 11) is 0. The van der Waals surface area contributed by atoms with Crippen LogP contribution in [-0.2, 0) is 14.3 Å². The number of carbonyl (C=O) groups excluding carboxylic acids is 2. The molecule has 2 rings (SSSR count). The van der Waals surface area contributed by atoms with Crippen LogP contribution in [-0.4, -0.2) is 48.3 Å². The number of amides is 1. The monoisotopic (exact) mass is 282 g/mol. The van der Waals surface area contributed by atoms with E-state index >= 15 is 0 Å². The Morgan fingerprint density at radius 3 is 2.80 bits per heavy atom. The van der Waals surface area contributed by atoms with Gasteiger partial charge in [-0.3, -0.25) is 4.79 Å². The van der Waals surface area contributed by atoms with Crippen LogP contribution in [0, 0.1) is 5.41 Å². The number of cyclic esters (lactones) is 1. The molecule has 2 heterocycles. The third-order valence-electron chi connectivity index (χ3n) is 3.43. The van der Waals surface area contributed by atoms with Crippen molar-refractivity contribution in [3.63, 3.8) is 0 Å². The standard InChI is InChI=1S/C12H18N4O4/c1-11(2,3)20-10(18)16-6-12(7-16)4-9(17)19-8(12)5-14-15-13/h8H,4-7H2,1-3H3. The zero-order valence-corrected chi connectivity index (χ0v) is 11.8. The van der Waals surface area contributed by atoms with Crippen LogP contribution in [0.1, 0.15) is 27.2 Å². The predicted octanol–water partition coefficient (Wildman–Crippen LogP) is 1.85. The summed E-state index contributed by atoms with van der Waals surface area (Å²) >= 11 is 0. The van der Waals surface area contributed by atoms with Gasteiger partial charge in [0.2, 0.25) is 0 Å². The smallest absolute Gasteiger partial charge is 0.410 e. The molecule has 8 nitrogen and oxygen atoms in total. The highest BCUT2D eigenvalue weighted by Gasteiger charge is 2.57. The van der Waals surface area contributed by atoms with E-state index in [0.29, 0.717) is 13.1 Å². The van der Waals surface area contributed by atoms with E-state index in [1.807, 2.05) is 0 Å². The average molecular weight is 282 g/mol. The number of esters is 1. The Labute approximate surface area is 116 Å². The van der Waals surface area contributed by atoms with Gasteiger partial charge in [0.1, 0.15) is 11.7 Å². The minimum atomic E-state index is -0.549. The van der Waals surface area contributed by atoms with E-state index in [4.69, 9.17) is 15.0 Å². The summed E-state index contributed by atoms with van der Waals surface area (Å²) in [6.45, 7) is 6.27. The lowest BCUT2D eigenvalue weighted by Crippen LogP contribution is -2.63. The second-order valence-electron chi connectivity index (χ2n) is 6.27. The van der Waals surface area contributed by atoms with Crippen molar-refractivity contribution in [2.24, 2.45) is 10.5 Å². The van der Waals surface area contributed by atoms with Gasteiger partial charge in [-0.1, -0.05) is 5.11 Å². The number of hydrogen-bond acceptors (Lipinski definition) is 5. The molecule has 0 aliphatic carbocycles. The highest BCUT2D eigenvalue weighted by atomic mass is 16.6. The Kier molecular flexibility index (Phi) is 3.52. The van der Waals surface area contributed by atoms with Gasteiger partial charge in [0, 0.05) is 18.0 Å². The van der Waals surface area contributed by atoms with Gasteiger partial charge in [-0.2, -0.15) is 0 Å². The lowest BCUT2D eigenvalue weighted by atomic mass is 9.74. The van der Waals surface area contributed by atoms with Crippen LogP contribution < -0.4 is 0 Å². The van der Waals surface area contributed by atoms with E-state index in [9.17, 15) is 9.59 Å². The Hall–Kier alpha value is -1.95. The third kappa shape index (κ3) is 2.80. The fraction of sp³-hybridized carbons (Fsp3) is 0.833. The number of ether oxygens (including phenoxy) is 2. The summed E-state index contributed by atoms with van der Waals surface area (Å²) in [5.74, 6) is -0.313. The summed E-state index contributed by atoms with van der Waals surface area (Å²) in [5.41, 5.74) is 7.38. The van der Waals surface area contributed by atoms with Crippen molar-refractivity contribution < 1.29 is 19.1 Å². The zero-order valence-electron chi connectivity index (χ0n) is 11.8. The third-order valence-corrected chi connectivity index (χ3v) is 3.43. The number of hydrogen-bond donors (Lipinski definition) is 0. The van der Waals surface area contributed by atoms with Gasteiger partial charge >= 0.3 is 12.1 Å². The molecule has 2 aliphatic rings. The van der Waals surface area contributed by atoms with Gasteiger partial charge in [0.15, 0.2) is 0 Å². The first kappa shape index (κ1) is 14.5. The number of azide groups is 1. The molecule has 0 aromatic rings. The van der Waals surface area contributed by atoms with Gasteiger partial charge in [-0.15, -0.1) is 0 Å². The minimum Gasteiger partial charge on any atom is -0.461 e. The van der Waals surface area contributed by atoms with E-state index in [2.05, 4.69) is 10.0 Å². The molecule has 8 heteroatoms. The molecule has 20 heavy (non-hydrogen) atoms. The number of carbonyl (C=O) groups is 2. The van der Waals surface area contributed by atoms with Crippen LogP contribution in [0.4, 0.5) is 4.79 Å². The predicted molar refractivity (Wildman–Crippen MR) is 68.8 cm³/mol. The van der Waals surface area contributed by atoms with Crippen LogP contribution in [0.5, 0.6) is 0 Å². The van der Waals surface area contributed by atoms with Crippen LogP contribution in [0.2, 0.25) is 0 Å². The molecule has 1 amide bonds. The maximum atomic E-state index is 11.9. The molecule has 0 aromatic carbocycles. The molecule has 1 spiro atoms. The maximum absolute atomic E-state index is 11.9. The average Bonchev–Trinajstić information content (AvgIpc) is 2.59. The summed E-state index contributed by atoms with van der Waals surface area (Å²) in [5, 5.41) is 3.46. The molecule has 2 aliphatic heterocycles. The molecule has 2 fully saturated rings. The lowest BCUT2D eigenvalue weighted by Gasteiger charge is -2.48. The molecule has 0 radical (unpaired) electrons. The highest BCUT2D eigenvalue weighted by molar-refractivity contribution is 5.76. The lowest BCUT2D eigenvalue weighted by molar-refractivity contribution is -0.141. The number of rotatable bonds is 2. The number of nitrogens with zero attached hydrogens (tertiary/aromatic N) is 4. The Morgan fingerprint density at radius 1 is 1.60 bits per heavy atom. The van der Waals surface area contributed by atoms with Crippen LogP contribution in [0.15, 0.2) is 5.11 Å². The molecule has 0 saturated carbocycles. The summed E-state index contributed by atoms with van der Waals surface area (Å²) < 4.78 is 10.4. The fourth-order valence-electron chi connectivity index (χ4n) is 2.55. The molecule has 0 bridgehead atoms. The Balaban J connectivity index is 1.97. The van der Waals surface area contributed by atoms with Crippen molar-refractivity contribution >= 4 is 12.1 Å². The van der Waals surface area contributed by atoms with Gasteiger partial charge in [-0.05, 0) is 26.3 Å². The normalized spacial score (nSPS) is 23.9. The van der Waals surface area contributed by atoms with Crippen molar-refractivity contribution in [2.45, 2.75) is 38.9 Å². The maximum Gasteiger partial charge on any atom is 0.410 e. The van der Waals surface area contributed by atoms with E-state index in [0.717, 1.165) is 0 Å². The molecule has 1 atom stereocenters.